The second-order valence-electron chi connectivity index (χ2n) is 8.26. The first kappa shape index (κ1) is 18.1. The maximum Gasteiger partial charge on any atom is 0.247 e. The SMILES string of the molecule is COc1ccc(NC(C)(C)C(=O)N2CCC3(CCN(C)CC3)C2)cc1. The number of hydrogen-bond acceptors (Lipinski definition) is 4. The number of methoxy groups -OCH3 is 1. The molecule has 0 unspecified atom stereocenters. The summed E-state index contributed by atoms with van der Waals surface area (Å²) in [6, 6.07) is 7.73. The molecule has 3 rings (SSSR count). The Balaban J connectivity index is 1.63. The van der Waals surface area contributed by atoms with Crippen molar-refractivity contribution in [1.82, 2.24) is 9.80 Å². The Morgan fingerprint density at radius 1 is 1.12 bits per heavy atom. The molecule has 5 nitrogen and oxygen atoms in total. The zero-order valence-electron chi connectivity index (χ0n) is 16.0. The molecule has 0 atom stereocenters. The molecular formula is C20H31N3O2. The van der Waals surface area contributed by atoms with Crippen LogP contribution in [-0.4, -0.2) is 61.6 Å². The summed E-state index contributed by atoms with van der Waals surface area (Å²) in [5.74, 6) is 1.01. The van der Waals surface area contributed by atoms with Crippen molar-refractivity contribution in [3.05, 3.63) is 24.3 Å². The second-order valence-corrected chi connectivity index (χ2v) is 8.26. The van der Waals surface area contributed by atoms with Crippen molar-refractivity contribution in [3.8, 4) is 5.75 Å². The van der Waals surface area contributed by atoms with E-state index in [1.807, 2.05) is 38.1 Å². The first-order chi connectivity index (χ1) is 11.8. The molecule has 0 radical (unpaired) electrons. The largest absolute Gasteiger partial charge is 0.497 e. The standard InChI is InChI=1S/C20H31N3O2/c1-19(2,21-16-5-7-17(25-4)8-6-16)18(24)23-14-11-20(15-23)9-12-22(3)13-10-20/h5-8,21H,9-15H2,1-4H3. The number of piperidine rings is 1. The number of rotatable bonds is 4. The minimum absolute atomic E-state index is 0.194. The lowest BCUT2D eigenvalue weighted by molar-refractivity contribution is -0.134. The average molecular weight is 345 g/mol. The van der Waals surface area contributed by atoms with Crippen LogP contribution in [0.15, 0.2) is 24.3 Å². The highest BCUT2D eigenvalue weighted by atomic mass is 16.5. The highest BCUT2D eigenvalue weighted by molar-refractivity contribution is 5.88. The van der Waals surface area contributed by atoms with Crippen LogP contribution >= 0.6 is 0 Å². The summed E-state index contributed by atoms with van der Waals surface area (Å²) in [5, 5.41) is 3.39. The van der Waals surface area contributed by atoms with Crippen LogP contribution in [0.3, 0.4) is 0 Å². The number of nitrogens with one attached hydrogen (secondary N) is 1. The van der Waals surface area contributed by atoms with Crippen LogP contribution in [0, 0.1) is 5.41 Å². The molecule has 2 fully saturated rings. The van der Waals surface area contributed by atoms with E-state index in [0.717, 1.165) is 44.0 Å². The fourth-order valence-electron chi connectivity index (χ4n) is 4.09. The lowest BCUT2D eigenvalue weighted by Gasteiger charge is -2.38. The molecule has 5 heteroatoms. The molecule has 1 spiro atoms. The number of carbonyl (C=O) groups is 1. The number of hydrogen-bond donors (Lipinski definition) is 1. The third kappa shape index (κ3) is 3.92. The summed E-state index contributed by atoms with van der Waals surface area (Å²) in [4.78, 5) is 17.6. The van der Waals surface area contributed by atoms with Crippen LogP contribution in [0.5, 0.6) is 5.75 Å². The Labute approximate surface area is 151 Å². The van der Waals surface area contributed by atoms with Crippen molar-refractivity contribution in [2.45, 2.75) is 38.6 Å². The van der Waals surface area contributed by atoms with Crippen LogP contribution < -0.4 is 10.1 Å². The first-order valence-corrected chi connectivity index (χ1v) is 9.24. The summed E-state index contributed by atoms with van der Waals surface area (Å²) in [6.07, 6.45) is 3.56. The molecule has 2 heterocycles. The zero-order valence-corrected chi connectivity index (χ0v) is 16.0. The normalized spacial score (nSPS) is 20.7. The average Bonchev–Trinajstić information content (AvgIpc) is 3.01. The Kier molecular flexibility index (Phi) is 4.96. The second kappa shape index (κ2) is 6.87. The van der Waals surface area contributed by atoms with Crippen molar-refractivity contribution in [3.63, 3.8) is 0 Å². The molecule has 25 heavy (non-hydrogen) atoms. The molecule has 0 bridgehead atoms. The van der Waals surface area contributed by atoms with E-state index >= 15 is 0 Å². The van der Waals surface area contributed by atoms with Gasteiger partial charge in [-0.05, 0) is 82.9 Å². The Hall–Kier alpha value is -1.75. The molecule has 0 aromatic heterocycles. The van der Waals surface area contributed by atoms with Gasteiger partial charge in [0.05, 0.1) is 7.11 Å². The van der Waals surface area contributed by atoms with Crippen LogP contribution in [0.4, 0.5) is 5.69 Å². The Morgan fingerprint density at radius 3 is 2.32 bits per heavy atom. The first-order valence-electron chi connectivity index (χ1n) is 9.24. The van der Waals surface area contributed by atoms with E-state index in [1.54, 1.807) is 7.11 Å². The zero-order chi connectivity index (χ0) is 18.1. The fourth-order valence-corrected chi connectivity index (χ4v) is 4.09. The van der Waals surface area contributed by atoms with Crippen molar-refractivity contribution < 1.29 is 9.53 Å². The summed E-state index contributed by atoms with van der Waals surface area (Å²) >= 11 is 0. The lowest BCUT2D eigenvalue weighted by atomic mass is 9.78. The number of amides is 1. The van der Waals surface area contributed by atoms with Crippen molar-refractivity contribution in [2.75, 3.05) is 45.7 Å². The highest BCUT2D eigenvalue weighted by Crippen LogP contribution is 2.40. The molecule has 2 aliphatic heterocycles. The Morgan fingerprint density at radius 2 is 1.72 bits per heavy atom. The van der Waals surface area contributed by atoms with E-state index in [-0.39, 0.29) is 5.91 Å². The van der Waals surface area contributed by atoms with Crippen molar-refractivity contribution >= 4 is 11.6 Å². The third-order valence-electron chi connectivity index (χ3n) is 5.85. The summed E-state index contributed by atoms with van der Waals surface area (Å²) < 4.78 is 5.19. The van der Waals surface area contributed by atoms with E-state index in [0.29, 0.717) is 5.41 Å². The number of anilines is 1. The van der Waals surface area contributed by atoms with Gasteiger partial charge in [0.15, 0.2) is 0 Å². The fraction of sp³-hybridized carbons (Fsp3) is 0.650. The van der Waals surface area contributed by atoms with Gasteiger partial charge in [-0.2, -0.15) is 0 Å². The van der Waals surface area contributed by atoms with E-state index in [2.05, 4.69) is 22.2 Å². The van der Waals surface area contributed by atoms with E-state index in [4.69, 9.17) is 4.74 Å². The van der Waals surface area contributed by atoms with Crippen LogP contribution in [0.1, 0.15) is 33.1 Å². The van der Waals surface area contributed by atoms with Gasteiger partial charge in [-0.25, -0.2) is 0 Å². The number of benzene rings is 1. The monoisotopic (exact) mass is 345 g/mol. The van der Waals surface area contributed by atoms with Gasteiger partial charge in [0.1, 0.15) is 11.3 Å². The van der Waals surface area contributed by atoms with E-state index < -0.39 is 5.54 Å². The molecule has 0 aliphatic carbocycles. The summed E-state index contributed by atoms with van der Waals surface area (Å²) in [6.45, 7) is 8.03. The Bertz CT molecular complexity index is 604. The van der Waals surface area contributed by atoms with Gasteiger partial charge in [0.2, 0.25) is 5.91 Å². The molecule has 1 aromatic carbocycles. The van der Waals surface area contributed by atoms with Crippen molar-refractivity contribution in [1.29, 1.82) is 0 Å². The van der Waals surface area contributed by atoms with Gasteiger partial charge < -0.3 is 19.9 Å². The van der Waals surface area contributed by atoms with Gasteiger partial charge in [-0.3, -0.25) is 4.79 Å². The highest BCUT2D eigenvalue weighted by Gasteiger charge is 2.44. The van der Waals surface area contributed by atoms with E-state index in [1.165, 1.54) is 12.8 Å². The predicted octanol–water partition coefficient (Wildman–Crippen LogP) is 2.83. The summed E-state index contributed by atoms with van der Waals surface area (Å²) in [5.41, 5.74) is 0.663. The quantitative estimate of drug-likeness (QED) is 0.911. The van der Waals surface area contributed by atoms with Crippen LogP contribution in [-0.2, 0) is 4.79 Å². The minimum Gasteiger partial charge on any atom is -0.497 e. The number of ether oxygens (including phenoxy) is 1. The topological polar surface area (TPSA) is 44.8 Å². The van der Waals surface area contributed by atoms with Crippen LogP contribution in [0.2, 0.25) is 0 Å². The molecule has 138 valence electrons. The van der Waals surface area contributed by atoms with Gasteiger partial charge in [0.25, 0.3) is 0 Å². The molecule has 2 saturated heterocycles. The predicted molar refractivity (Wildman–Crippen MR) is 101 cm³/mol. The molecular weight excluding hydrogens is 314 g/mol. The third-order valence-corrected chi connectivity index (χ3v) is 5.85. The molecule has 2 aliphatic rings. The van der Waals surface area contributed by atoms with Gasteiger partial charge in [-0.1, -0.05) is 0 Å². The van der Waals surface area contributed by atoms with Crippen LogP contribution in [0.25, 0.3) is 0 Å². The van der Waals surface area contributed by atoms with Crippen molar-refractivity contribution in [2.24, 2.45) is 5.41 Å². The number of nitrogens with zero attached hydrogens (tertiary/aromatic N) is 2. The van der Waals surface area contributed by atoms with Gasteiger partial charge in [-0.15, -0.1) is 0 Å². The molecule has 1 N–H and O–H groups in total. The van der Waals surface area contributed by atoms with E-state index in [9.17, 15) is 4.79 Å². The van der Waals surface area contributed by atoms with Gasteiger partial charge in [0, 0.05) is 18.8 Å². The maximum absolute atomic E-state index is 13.1. The smallest absolute Gasteiger partial charge is 0.247 e. The molecule has 1 amide bonds. The molecule has 1 aromatic rings. The van der Waals surface area contributed by atoms with Gasteiger partial charge >= 0.3 is 0 Å². The summed E-state index contributed by atoms with van der Waals surface area (Å²) in [7, 11) is 3.84. The minimum atomic E-state index is -0.619. The molecule has 0 saturated carbocycles. The number of likely N-dealkylation sites (tertiary alicyclic amines) is 2. The number of carbonyl (C=O) groups excluding carboxylic acids is 1. The lowest BCUT2D eigenvalue weighted by Crippen LogP contribution is -2.50. The maximum atomic E-state index is 13.1.